The van der Waals surface area contributed by atoms with Gasteiger partial charge in [0, 0.05) is 34.9 Å². The molecule has 1 fully saturated rings. The Hall–Kier alpha value is -0.380. The summed E-state index contributed by atoms with van der Waals surface area (Å²) < 4.78 is 0. The van der Waals surface area contributed by atoms with Gasteiger partial charge in [0.1, 0.15) is 0 Å². The van der Waals surface area contributed by atoms with Crippen LogP contribution in [0.3, 0.4) is 0 Å². The fourth-order valence-electron chi connectivity index (χ4n) is 2.39. The van der Waals surface area contributed by atoms with E-state index in [-0.39, 0.29) is 5.54 Å². The number of rotatable bonds is 8. The molecule has 20 heavy (non-hydrogen) atoms. The lowest BCUT2D eigenvalue weighted by Crippen LogP contribution is -2.34. The largest absolute Gasteiger partial charge is 0.307 e. The van der Waals surface area contributed by atoms with Crippen LogP contribution in [-0.2, 0) is 13.1 Å². The minimum absolute atomic E-state index is 0.199. The van der Waals surface area contributed by atoms with Crippen LogP contribution in [0.4, 0.5) is 0 Å². The number of hydrogen-bond acceptors (Lipinski definition) is 3. The lowest BCUT2D eigenvalue weighted by atomic mass is 10.1. The predicted molar refractivity (Wildman–Crippen MR) is 89.2 cm³/mol. The van der Waals surface area contributed by atoms with Crippen molar-refractivity contribution < 1.29 is 0 Å². The van der Waals surface area contributed by atoms with Gasteiger partial charge < -0.3 is 5.32 Å². The van der Waals surface area contributed by atoms with E-state index >= 15 is 0 Å². The molecule has 0 bridgehead atoms. The van der Waals surface area contributed by atoms with Gasteiger partial charge in [-0.3, -0.25) is 4.90 Å². The fourth-order valence-corrected chi connectivity index (χ4v) is 3.39. The molecule has 0 amide bonds. The summed E-state index contributed by atoms with van der Waals surface area (Å²) in [4.78, 5) is 5.62. The van der Waals surface area contributed by atoms with Crippen molar-refractivity contribution >= 4 is 11.3 Å². The van der Waals surface area contributed by atoms with Gasteiger partial charge in [-0.1, -0.05) is 6.92 Å². The van der Waals surface area contributed by atoms with E-state index in [2.05, 4.69) is 50.0 Å². The van der Waals surface area contributed by atoms with Crippen molar-refractivity contribution in [3.8, 4) is 0 Å². The monoisotopic (exact) mass is 294 g/mol. The summed E-state index contributed by atoms with van der Waals surface area (Å²) in [5.74, 6) is 0.989. The zero-order valence-electron chi connectivity index (χ0n) is 13.5. The Morgan fingerprint density at radius 2 is 1.95 bits per heavy atom. The molecule has 1 aromatic rings. The highest BCUT2D eigenvalue weighted by Crippen LogP contribution is 2.30. The van der Waals surface area contributed by atoms with Gasteiger partial charge in [-0.25, -0.2) is 0 Å². The zero-order chi connectivity index (χ0) is 14.6. The van der Waals surface area contributed by atoms with Crippen LogP contribution in [-0.4, -0.2) is 23.5 Å². The summed E-state index contributed by atoms with van der Waals surface area (Å²) in [6, 6.07) is 4.61. The van der Waals surface area contributed by atoms with Gasteiger partial charge >= 0.3 is 0 Å². The van der Waals surface area contributed by atoms with Gasteiger partial charge in [0.15, 0.2) is 0 Å². The highest BCUT2D eigenvalue weighted by atomic mass is 32.1. The van der Waals surface area contributed by atoms with Gasteiger partial charge in [0.2, 0.25) is 0 Å². The van der Waals surface area contributed by atoms with Crippen molar-refractivity contribution in [2.45, 2.75) is 65.6 Å². The van der Waals surface area contributed by atoms with E-state index in [1.165, 1.54) is 42.1 Å². The van der Waals surface area contributed by atoms with Crippen LogP contribution in [0.1, 0.15) is 56.7 Å². The summed E-state index contributed by atoms with van der Waals surface area (Å²) in [6.07, 6.45) is 4.16. The SMILES string of the molecule is CCCN(Cc1ccc(CNC(C)(C)C)s1)CC1CC1. The number of hydrogen-bond donors (Lipinski definition) is 1. The van der Waals surface area contributed by atoms with Crippen molar-refractivity contribution in [3.63, 3.8) is 0 Å². The highest BCUT2D eigenvalue weighted by Gasteiger charge is 2.24. The summed E-state index contributed by atoms with van der Waals surface area (Å²) in [6.45, 7) is 13.6. The third-order valence-corrected chi connectivity index (χ3v) is 4.71. The maximum atomic E-state index is 3.57. The molecule has 1 heterocycles. The second-order valence-corrected chi connectivity index (χ2v) is 8.40. The minimum Gasteiger partial charge on any atom is -0.307 e. The third kappa shape index (κ3) is 5.94. The Bertz CT molecular complexity index is 401. The molecule has 1 saturated carbocycles. The van der Waals surface area contributed by atoms with Crippen molar-refractivity contribution in [1.82, 2.24) is 10.2 Å². The van der Waals surface area contributed by atoms with Crippen molar-refractivity contribution in [3.05, 3.63) is 21.9 Å². The molecule has 1 aromatic heterocycles. The molecule has 3 heteroatoms. The molecule has 0 aliphatic heterocycles. The quantitative estimate of drug-likeness (QED) is 0.770. The van der Waals surface area contributed by atoms with Crippen molar-refractivity contribution in [1.29, 1.82) is 0 Å². The van der Waals surface area contributed by atoms with Crippen LogP contribution in [0.25, 0.3) is 0 Å². The smallest absolute Gasteiger partial charge is 0.0328 e. The second-order valence-electron chi connectivity index (χ2n) is 7.15. The third-order valence-electron chi connectivity index (χ3n) is 3.64. The Morgan fingerprint density at radius 3 is 2.55 bits per heavy atom. The van der Waals surface area contributed by atoms with E-state index in [1.54, 1.807) is 0 Å². The maximum Gasteiger partial charge on any atom is 0.0328 e. The van der Waals surface area contributed by atoms with Crippen molar-refractivity contribution in [2.75, 3.05) is 13.1 Å². The maximum absolute atomic E-state index is 3.57. The Balaban J connectivity index is 1.83. The Labute approximate surface area is 128 Å². The van der Waals surface area contributed by atoms with Crippen LogP contribution < -0.4 is 5.32 Å². The summed E-state index contributed by atoms with van der Waals surface area (Å²) in [5.41, 5.74) is 0.199. The molecule has 2 nitrogen and oxygen atoms in total. The zero-order valence-corrected chi connectivity index (χ0v) is 14.4. The molecule has 114 valence electrons. The van der Waals surface area contributed by atoms with Gasteiger partial charge in [0.05, 0.1) is 0 Å². The summed E-state index contributed by atoms with van der Waals surface area (Å²) >= 11 is 1.97. The van der Waals surface area contributed by atoms with Crippen molar-refractivity contribution in [2.24, 2.45) is 5.92 Å². The van der Waals surface area contributed by atoms with E-state index in [0.29, 0.717) is 0 Å². The molecule has 1 aliphatic carbocycles. The normalized spacial score (nSPS) is 16.1. The van der Waals surface area contributed by atoms with Crippen LogP contribution in [0.15, 0.2) is 12.1 Å². The van der Waals surface area contributed by atoms with E-state index in [9.17, 15) is 0 Å². The van der Waals surface area contributed by atoms with Crippen LogP contribution in [0, 0.1) is 5.92 Å². The molecular formula is C17H30N2S. The van der Waals surface area contributed by atoms with Gasteiger partial charge in [-0.05, 0) is 64.6 Å². The first kappa shape index (κ1) is 16.0. The highest BCUT2D eigenvalue weighted by molar-refractivity contribution is 7.11. The number of thiophene rings is 1. The van der Waals surface area contributed by atoms with Gasteiger partial charge in [-0.2, -0.15) is 0 Å². The first-order valence-corrected chi connectivity index (χ1v) is 8.83. The average Bonchev–Trinajstić information content (AvgIpc) is 3.04. The second kappa shape index (κ2) is 7.06. The molecule has 0 unspecified atom stereocenters. The van der Waals surface area contributed by atoms with E-state index in [0.717, 1.165) is 19.0 Å². The Kier molecular flexibility index (Phi) is 5.65. The minimum atomic E-state index is 0.199. The molecule has 1 aliphatic rings. The molecule has 0 aromatic carbocycles. The van der Waals surface area contributed by atoms with Crippen LogP contribution >= 0.6 is 11.3 Å². The van der Waals surface area contributed by atoms with Gasteiger partial charge in [-0.15, -0.1) is 11.3 Å². The summed E-state index contributed by atoms with van der Waals surface area (Å²) in [5, 5.41) is 3.57. The van der Waals surface area contributed by atoms with E-state index in [4.69, 9.17) is 0 Å². The first-order valence-electron chi connectivity index (χ1n) is 8.01. The summed E-state index contributed by atoms with van der Waals surface area (Å²) in [7, 11) is 0. The molecule has 1 N–H and O–H groups in total. The first-order chi connectivity index (χ1) is 9.46. The lowest BCUT2D eigenvalue weighted by Gasteiger charge is -2.21. The standard InChI is InChI=1S/C17H30N2S/c1-5-10-19(12-14-6-7-14)13-16-9-8-15(20-16)11-18-17(2,3)4/h8-9,14,18H,5-7,10-13H2,1-4H3. The van der Waals surface area contributed by atoms with E-state index < -0.39 is 0 Å². The lowest BCUT2D eigenvalue weighted by molar-refractivity contribution is 0.257. The van der Waals surface area contributed by atoms with E-state index in [1.807, 2.05) is 11.3 Å². The van der Waals surface area contributed by atoms with Crippen LogP contribution in [0.5, 0.6) is 0 Å². The Morgan fingerprint density at radius 1 is 1.25 bits per heavy atom. The molecular weight excluding hydrogens is 264 g/mol. The fraction of sp³-hybridized carbons (Fsp3) is 0.765. The van der Waals surface area contributed by atoms with Gasteiger partial charge in [0.25, 0.3) is 0 Å². The van der Waals surface area contributed by atoms with Crippen LogP contribution in [0.2, 0.25) is 0 Å². The predicted octanol–water partition coefficient (Wildman–Crippen LogP) is 4.26. The molecule has 0 radical (unpaired) electrons. The molecule has 0 spiro atoms. The molecule has 2 rings (SSSR count). The number of nitrogens with zero attached hydrogens (tertiary/aromatic N) is 1. The molecule has 0 atom stereocenters. The molecule has 0 saturated heterocycles. The topological polar surface area (TPSA) is 15.3 Å². The average molecular weight is 295 g/mol. The number of nitrogens with one attached hydrogen (secondary N) is 1.